The third-order valence-corrected chi connectivity index (χ3v) is 3.65. The van der Waals surface area contributed by atoms with Crippen molar-refractivity contribution in [3.8, 4) is 5.75 Å². The minimum absolute atomic E-state index is 0.0347. The molecule has 0 heterocycles. The van der Waals surface area contributed by atoms with E-state index in [1.807, 2.05) is 19.1 Å². The number of carbonyl (C=O) groups excluding carboxylic acids is 1. The molecule has 2 N–H and O–H groups in total. The summed E-state index contributed by atoms with van der Waals surface area (Å²) in [4.78, 5) is 12.0. The largest absolute Gasteiger partial charge is 0.484 e. The Kier molecular flexibility index (Phi) is 6.18. The fourth-order valence-corrected chi connectivity index (χ4v) is 2.42. The highest BCUT2D eigenvalue weighted by Crippen LogP contribution is 2.13. The first-order valence-corrected chi connectivity index (χ1v) is 7.75. The average molecular weight is 313 g/mol. The molecule has 1 atom stereocenters. The number of aliphatic hydroxyl groups is 1. The predicted octanol–water partition coefficient (Wildman–Crippen LogP) is 2.61. The summed E-state index contributed by atoms with van der Waals surface area (Å²) in [5.41, 5.74) is 3.22. The molecule has 2 aromatic rings. The van der Waals surface area contributed by atoms with Gasteiger partial charge in [-0.15, -0.1) is 0 Å². The molecule has 4 heteroatoms. The number of nitrogens with one attached hydrogen (secondary N) is 1. The second-order valence-electron chi connectivity index (χ2n) is 5.69. The highest BCUT2D eigenvalue weighted by molar-refractivity contribution is 5.77. The summed E-state index contributed by atoms with van der Waals surface area (Å²) in [5, 5.41) is 12.0. The number of benzene rings is 2. The zero-order chi connectivity index (χ0) is 16.7. The van der Waals surface area contributed by atoms with Crippen LogP contribution >= 0.6 is 0 Å². The minimum Gasteiger partial charge on any atom is -0.484 e. The highest BCUT2D eigenvalue weighted by Gasteiger charge is 2.10. The molecule has 0 aliphatic carbocycles. The van der Waals surface area contributed by atoms with Crippen molar-refractivity contribution in [1.82, 2.24) is 5.32 Å². The summed E-state index contributed by atoms with van der Waals surface area (Å²) in [5.74, 6) is 0.429. The quantitative estimate of drug-likeness (QED) is 0.826. The SMILES string of the molecule is Cc1ccccc1CC(C)NC(=O)COc1cccc(CO)c1. The minimum atomic E-state index is -0.152. The zero-order valence-corrected chi connectivity index (χ0v) is 13.6. The molecule has 0 saturated carbocycles. The summed E-state index contributed by atoms with van der Waals surface area (Å²) < 4.78 is 5.46. The molecule has 2 aromatic carbocycles. The van der Waals surface area contributed by atoms with E-state index in [2.05, 4.69) is 24.4 Å². The summed E-state index contributed by atoms with van der Waals surface area (Å²) >= 11 is 0. The Hall–Kier alpha value is -2.33. The van der Waals surface area contributed by atoms with Crippen molar-refractivity contribution in [2.75, 3.05) is 6.61 Å². The van der Waals surface area contributed by atoms with Gasteiger partial charge in [-0.2, -0.15) is 0 Å². The molecule has 0 aromatic heterocycles. The number of rotatable bonds is 7. The lowest BCUT2D eigenvalue weighted by Crippen LogP contribution is -2.37. The van der Waals surface area contributed by atoms with Crippen LogP contribution in [0.1, 0.15) is 23.6 Å². The Morgan fingerprint density at radius 2 is 2.00 bits per heavy atom. The van der Waals surface area contributed by atoms with E-state index in [0.29, 0.717) is 5.75 Å². The topological polar surface area (TPSA) is 58.6 Å². The van der Waals surface area contributed by atoms with Gasteiger partial charge >= 0.3 is 0 Å². The second kappa shape index (κ2) is 8.34. The molecule has 0 fully saturated rings. The molecule has 23 heavy (non-hydrogen) atoms. The molecule has 0 radical (unpaired) electrons. The van der Waals surface area contributed by atoms with Crippen molar-refractivity contribution in [1.29, 1.82) is 0 Å². The van der Waals surface area contributed by atoms with Crippen LogP contribution in [0.15, 0.2) is 48.5 Å². The molecule has 1 unspecified atom stereocenters. The van der Waals surface area contributed by atoms with E-state index in [-0.39, 0.29) is 25.2 Å². The number of carbonyl (C=O) groups is 1. The fraction of sp³-hybridized carbons (Fsp3) is 0.316. The second-order valence-corrected chi connectivity index (χ2v) is 5.69. The molecule has 0 aliphatic rings. The Bertz CT molecular complexity index is 655. The average Bonchev–Trinajstić information content (AvgIpc) is 2.55. The van der Waals surface area contributed by atoms with Crippen molar-refractivity contribution < 1.29 is 14.6 Å². The maximum atomic E-state index is 12.0. The van der Waals surface area contributed by atoms with Crippen LogP contribution in [0.3, 0.4) is 0 Å². The van der Waals surface area contributed by atoms with Gasteiger partial charge in [-0.3, -0.25) is 4.79 Å². The number of aryl methyl sites for hydroxylation is 1. The number of hydrogen-bond donors (Lipinski definition) is 2. The van der Waals surface area contributed by atoms with E-state index in [1.165, 1.54) is 11.1 Å². The summed E-state index contributed by atoms with van der Waals surface area (Å²) in [6.45, 7) is 3.97. The smallest absolute Gasteiger partial charge is 0.258 e. The molecule has 1 amide bonds. The maximum Gasteiger partial charge on any atom is 0.258 e. The van der Waals surface area contributed by atoms with E-state index in [0.717, 1.165) is 12.0 Å². The van der Waals surface area contributed by atoms with Gasteiger partial charge in [0.05, 0.1) is 6.61 Å². The Morgan fingerprint density at radius 3 is 2.74 bits per heavy atom. The van der Waals surface area contributed by atoms with Crippen LogP contribution < -0.4 is 10.1 Å². The van der Waals surface area contributed by atoms with Gasteiger partial charge < -0.3 is 15.2 Å². The van der Waals surface area contributed by atoms with Gasteiger partial charge in [0.15, 0.2) is 6.61 Å². The number of hydrogen-bond acceptors (Lipinski definition) is 3. The first-order chi connectivity index (χ1) is 11.1. The van der Waals surface area contributed by atoms with Crippen LogP contribution in [-0.4, -0.2) is 23.7 Å². The van der Waals surface area contributed by atoms with Crippen LogP contribution in [0.2, 0.25) is 0 Å². The molecule has 2 rings (SSSR count). The molecular weight excluding hydrogens is 290 g/mol. The van der Waals surface area contributed by atoms with E-state index >= 15 is 0 Å². The Balaban J connectivity index is 1.81. The van der Waals surface area contributed by atoms with Gasteiger partial charge in [0.2, 0.25) is 0 Å². The third-order valence-electron chi connectivity index (χ3n) is 3.65. The lowest BCUT2D eigenvalue weighted by Gasteiger charge is -2.16. The van der Waals surface area contributed by atoms with Gasteiger partial charge in [-0.1, -0.05) is 36.4 Å². The van der Waals surface area contributed by atoms with Gasteiger partial charge in [0.25, 0.3) is 5.91 Å². The van der Waals surface area contributed by atoms with Gasteiger partial charge in [0.1, 0.15) is 5.75 Å². The van der Waals surface area contributed by atoms with Crippen molar-refractivity contribution >= 4 is 5.91 Å². The van der Waals surface area contributed by atoms with Crippen molar-refractivity contribution in [2.45, 2.75) is 32.9 Å². The molecule has 0 saturated heterocycles. The van der Waals surface area contributed by atoms with Crippen molar-refractivity contribution in [3.05, 3.63) is 65.2 Å². The summed E-state index contributed by atoms with van der Waals surface area (Å²) in [7, 11) is 0. The number of ether oxygens (including phenoxy) is 1. The lowest BCUT2D eigenvalue weighted by atomic mass is 10.0. The molecular formula is C19H23NO3. The van der Waals surface area contributed by atoms with E-state index in [9.17, 15) is 4.79 Å². The third kappa shape index (κ3) is 5.42. The maximum absolute atomic E-state index is 12.0. The van der Waals surface area contributed by atoms with Crippen molar-refractivity contribution in [2.24, 2.45) is 0 Å². The first kappa shape index (κ1) is 17.0. The van der Waals surface area contributed by atoms with E-state index in [4.69, 9.17) is 9.84 Å². The summed E-state index contributed by atoms with van der Waals surface area (Å²) in [6.07, 6.45) is 0.790. The number of amides is 1. The van der Waals surface area contributed by atoms with Gasteiger partial charge in [-0.05, 0) is 49.1 Å². The normalized spacial score (nSPS) is 11.8. The van der Waals surface area contributed by atoms with Crippen LogP contribution in [-0.2, 0) is 17.8 Å². The fourth-order valence-electron chi connectivity index (χ4n) is 2.42. The summed E-state index contributed by atoms with van der Waals surface area (Å²) in [6, 6.07) is 15.3. The monoisotopic (exact) mass is 313 g/mol. The first-order valence-electron chi connectivity index (χ1n) is 7.75. The molecule has 0 aliphatic heterocycles. The number of aliphatic hydroxyl groups excluding tert-OH is 1. The van der Waals surface area contributed by atoms with Crippen LogP contribution in [0, 0.1) is 6.92 Å². The Labute approximate surface area is 137 Å². The van der Waals surface area contributed by atoms with E-state index in [1.54, 1.807) is 24.3 Å². The highest BCUT2D eigenvalue weighted by atomic mass is 16.5. The molecule has 4 nitrogen and oxygen atoms in total. The Morgan fingerprint density at radius 1 is 1.22 bits per heavy atom. The molecule has 0 spiro atoms. The van der Waals surface area contributed by atoms with Crippen molar-refractivity contribution in [3.63, 3.8) is 0 Å². The van der Waals surface area contributed by atoms with Gasteiger partial charge in [-0.25, -0.2) is 0 Å². The molecule has 0 bridgehead atoms. The van der Waals surface area contributed by atoms with Gasteiger partial charge in [0, 0.05) is 6.04 Å². The van der Waals surface area contributed by atoms with Crippen LogP contribution in [0.4, 0.5) is 0 Å². The standard InChI is InChI=1S/C19H23NO3/c1-14-6-3-4-8-17(14)10-15(2)20-19(22)13-23-18-9-5-7-16(11-18)12-21/h3-9,11,15,21H,10,12-13H2,1-2H3,(H,20,22). The molecule has 122 valence electrons. The predicted molar refractivity (Wildman–Crippen MR) is 90.3 cm³/mol. The van der Waals surface area contributed by atoms with E-state index < -0.39 is 0 Å². The van der Waals surface area contributed by atoms with Crippen LogP contribution in [0.5, 0.6) is 5.75 Å². The zero-order valence-electron chi connectivity index (χ0n) is 13.6. The lowest BCUT2D eigenvalue weighted by molar-refractivity contribution is -0.123. The van der Waals surface area contributed by atoms with Crippen LogP contribution in [0.25, 0.3) is 0 Å².